The Hall–Kier alpha value is -2.43. The highest BCUT2D eigenvalue weighted by Gasteiger charge is 2.13. The second kappa shape index (κ2) is 5.69. The Labute approximate surface area is 117 Å². The molecule has 5 heteroatoms. The molecule has 1 unspecified atom stereocenters. The average molecular weight is 274 g/mol. The van der Waals surface area contributed by atoms with Gasteiger partial charge >= 0.3 is 0 Å². The van der Waals surface area contributed by atoms with Crippen LogP contribution in [0.2, 0.25) is 0 Å². The topological polar surface area (TPSA) is 77.5 Å². The molecule has 1 amide bonds. The van der Waals surface area contributed by atoms with Gasteiger partial charge in [0.1, 0.15) is 17.3 Å². The molecule has 0 aliphatic heterocycles. The molecule has 20 heavy (non-hydrogen) atoms. The molecular formula is C15H18N2O3. The highest BCUT2D eigenvalue weighted by molar-refractivity contribution is 5.94. The fourth-order valence-electron chi connectivity index (χ4n) is 1.96. The second-order valence-corrected chi connectivity index (χ2v) is 4.59. The van der Waals surface area contributed by atoms with E-state index in [1.54, 1.807) is 25.3 Å². The van der Waals surface area contributed by atoms with E-state index in [0.29, 0.717) is 17.0 Å². The van der Waals surface area contributed by atoms with Crippen LogP contribution >= 0.6 is 0 Å². The lowest BCUT2D eigenvalue weighted by Gasteiger charge is -2.16. The number of benzene rings is 1. The molecule has 1 aromatic carbocycles. The Bertz CT molecular complexity index is 619. The van der Waals surface area contributed by atoms with Gasteiger partial charge in [-0.25, -0.2) is 0 Å². The minimum atomic E-state index is -0.475. The molecule has 0 saturated heterocycles. The van der Waals surface area contributed by atoms with Gasteiger partial charge in [0.05, 0.1) is 18.8 Å². The highest BCUT2D eigenvalue weighted by Crippen LogP contribution is 2.29. The number of carbonyl (C=O) groups is 1. The van der Waals surface area contributed by atoms with E-state index in [2.05, 4.69) is 5.32 Å². The molecular weight excluding hydrogens is 256 g/mol. The van der Waals surface area contributed by atoms with Crippen LogP contribution in [0, 0.1) is 6.92 Å². The second-order valence-electron chi connectivity index (χ2n) is 4.59. The number of rotatable bonds is 5. The molecule has 1 aromatic heterocycles. The lowest BCUT2D eigenvalue weighted by molar-refractivity contribution is 0.100. The molecule has 0 fully saturated rings. The zero-order chi connectivity index (χ0) is 14.7. The van der Waals surface area contributed by atoms with Crippen molar-refractivity contribution in [2.24, 2.45) is 5.73 Å². The van der Waals surface area contributed by atoms with E-state index < -0.39 is 5.91 Å². The van der Waals surface area contributed by atoms with E-state index in [1.807, 2.05) is 26.0 Å². The standard InChI is InChI=1S/C15H18N2O3/c1-9-4-6-13(20-9)10(2)17-12-8-11(15(16)18)5-7-14(12)19-3/h4-8,10,17H,1-3H3,(H2,16,18). The van der Waals surface area contributed by atoms with Gasteiger partial charge in [-0.3, -0.25) is 4.79 Å². The van der Waals surface area contributed by atoms with Crippen molar-refractivity contribution >= 4 is 11.6 Å². The number of nitrogens with two attached hydrogens (primary N) is 1. The van der Waals surface area contributed by atoms with Crippen molar-refractivity contribution in [1.82, 2.24) is 0 Å². The summed E-state index contributed by atoms with van der Waals surface area (Å²) in [6.07, 6.45) is 0. The number of methoxy groups -OCH3 is 1. The van der Waals surface area contributed by atoms with Crippen LogP contribution in [-0.2, 0) is 0 Å². The van der Waals surface area contributed by atoms with Crippen molar-refractivity contribution in [3.8, 4) is 5.75 Å². The summed E-state index contributed by atoms with van der Waals surface area (Å²) in [7, 11) is 1.58. The van der Waals surface area contributed by atoms with Crippen molar-refractivity contribution in [3.63, 3.8) is 0 Å². The molecule has 5 nitrogen and oxygen atoms in total. The van der Waals surface area contributed by atoms with Crippen molar-refractivity contribution in [2.75, 3.05) is 12.4 Å². The molecule has 1 atom stereocenters. The number of aryl methyl sites for hydroxylation is 1. The van der Waals surface area contributed by atoms with Crippen LogP contribution in [0.4, 0.5) is 5.69 Å². The van der Waals surface area contributed by atoms with E-state index in [0.717, 1.165) is 11.5 Å². The number of ether oxygens (including phenoxy) is 1. The molecule has 0 aliphatic rings. The fourth-order valence-corrected chi connectivity index (χ4v) is 1.96. The first-order valence-corrected chi connectivity index (χ1v) is 6.32. The maximum Gasteiger partial charge on any atom is 0.248 e. The number of carbonyl (C=O) groups excluding carboxylic acids is 1. The first-order valence-electron chi connectivity index (χ1n) is 6.32. The summed E-state index contributed by atoms with van der Waals surface area (Å²) in [5, 5.41) is 3.26. The van der Waals surface area contributed by atoms with Crippen LogP contribution < -0.4 is 15.8 Å². The van der Waals surface area contributed by atoms with E-state index >= 15 is 0 Å². The maximum atomic E-state index is 11.2. The number of anilines is 1. The van der Waals surface area contributed by atoms with Gasteiger partial charge in [0.15, 0.2) is 0 Å². The van der Waals surface area contributed by atoms with E-state index in [1.165, 1.54) is 0 Å². The molecule has 2 aromatic rings. The van der Waals surface area contributed by atoms with Crippen molar-refractivity contribution < 1.29 is 13.9 Å². The van der Waals surface area contributed by atoms with Crippen LogP contribution in [0.15, 0.2) is 34.7 Å². The number of amides is 1. The summed E-state index contributed by atoms with van der Waals surface area (Å²) in [5.41, 5.74) is 6.42. The third-order valence-corrected chi connectivity index (χ3v) is 3.04. The van der Waals surface area contributed by atoms with E-state index in [4.69, 9.17) is 14.9 Å². The lowest BCUT2D eigenvalue weighted by atomic mass is 10.1. The molecule has 0 bridgehead atoms. The van der Waals surface area contributed by atoms with Gasteiger partial charge in [0.25, 0.3) is 0 Å². The lowest BCUT2D eigenvalue weighted by Crippen LogP contribution is -2.12. The molecule has 3 N–H and O–H groups in total. The smallest absolute Gasteiger partial charge is 0.248 e. The van der Waals surface area contributed by atoms with Crippen LogP contribution in [0.1, 0.15) is 34.8 Å². The predicted molar refractivity (Wildman–Crippen MR) is 77.0 cm³/mol. The number of hydrogen-bond acceptors (Lipinski definition) is 4. The minimum absolute atomic E-state index is 0.0549. The van der Waals surface area contributed by atoms with Gasteiger partial charge in [-0.2, -0.15) is 0 Å². The Kier molecular flexibility index (Phi) is 3.98. The summed E-state index contributed by atoms with van der Waals surface area (Å²) >= 11 is 0. The molecule has 0 saturated carbocycles. The summed E-state index contributed by atoms with van der Waals surface area (Å²) in [4.78, 5) is 11.2. The fraction of sp³-hybridized carbons (Fsp3) is 0.267. The first-order chi connectivity index (χ1) is 9.51. The largest absolute Gasteiger partial charge is 0.495 e. The van der Waals surface area contributed by atoms with Crippen LogP contribution in [0.5, 0.6) is 5.75 Å². The Morgan fingerprint density at radius 1 is 1.35 bits per heavy atom. The quantitative estimate of drug-likeness (QED) is 0.878. The minimum Gasteiger partial charge on any atom is -0.495 e. The molecule has 1 heterocycles. The summed E-state index contributed by atoms with van der Waals surface area (Å²) < 4.78 is 10.9. The zero-order valence-corrected chi connectivity index (χ0v) is 11.8. The normalized spacial score (nSPS) is 11.9. The average Bonchev–Trinajstić information content (AvgIpc) is 2.85. The zero-order valence-electron chi connectivity index (χ0n) is 11.8. The number of nitrogens with one attached hydrogen (secondary N) is 1. The monoisotopic (exact) mass is 274 g/mol. The van der Waals surface area contributed by atoms with Crippen LogP contribution in [0.25, 0.3) is 0 Å². The van der Waals surface area contributed by atoms with Gasteiger partial charge in [-0.1, -0.05) is 0 Å². The van der Waals surface area contributed by atoms with Crippen LogP contribution in [-0.4, -0.2) is 13.0 Å². The SMILES string of the molecule is COc1ccc(C(N)=O)cc1NC(C)c1ccc(C)o1. The number of furan rings is 1. The Balaban J connectivity index is 2.27. The molecule has 106 valence electrons. The van der Waals surface area contributed by atoms with E-state index in [9.17, 15) is 4.79 Å². The first kappa shape index (κ1) is 14.0. The summed E-state index contributed by atoms with van der Waals surface area (Å²) in [6.45, 7) is 3.86. The Morgan fingerprint density at radius 3 is 2.65 bits per heavy atom. The van der Waals surface area contributed by atoms with Crippen LogP contribution in [0.3, 0.4) is 0 Å². The summed E-state index contributed by atoms with van der Waals surface area (Å²) in [6, 6.07) is 8.78. The molecule has 0 aliphatic carbocycles. The number of hydrogen-bond donors (Lipinski definition) is 2. The molecule has 0 spiro atoms. The molecule has 0 radical (unpaired) electrons. The van der Waals surface area contributed by atoms with Crippen molar-refractivity contribution in [1.29, 1.82) is 0 Å². The van der Waals surface area contributed by atoms with Gasteiger partial charge in [0.2, 0.25) is 5.91 Å². The summed E-state index contributed by atoms with van der Waals surface area (Å²) in [5.74, 6) is 1.84. The third kappa shape index (κ3) is 2.93. The van der Waals surface area contributed by atoms with Gasteiger partial charge < -0.3 is 20.2 Å². The third-order valence-electron chi connectivity index (χ3n) is 3.04. The van der Waals surface area contributed by atoms with Gasteiger partial charge in [0, 0.05) is 5.56 Å². The maximum absolute atomic E-state index is 11.2. The van der Waals surface area contributed by atoms with Crippen molar-refractivity contribution in [3.05, 3.63) is 47.4 Å². The van der Waals surface area contributed by atoms with Crippen molar-refractivity contribution in [2.45, 2.75) is 19.9 Å². The van der Waals surface area contributed by atoms with Gasteiger partial charge in [-0.15, -0.1) is 0 Å². The predicted octanol–water partition coefficient (Wildman–Crippen LogP) is 2.87. The van der Waals surface area contributed by atoms with Gasteiger partial charge in [-0.05, 0) is 44.2 Å². The molecule has 2 rings (SSSR count). The highest BCUT2D eigenvalue weighted by atomic mass is 16.5. The van der Waals surface area contributed by atoms with E-state index in [-0.39, 0.29) is 6.04 Å². The Morgan fingerprint density at radius 2 is 2.10 bits per heavy atom. The number of primary amides is 1.